The zero-order valence-corrected chi connectivity index (χ0v) is 12.7. The van der Waals surface area contributed by atoms with Gasteiger partial charge < -0.3 is 9.47 Å². The van der Waals surface area contributed by atoms with Crippen molar-refractivity contribution in [3.63, 3.8) is 0 Å². The fourth-order valence-corrected chi connectivity index (χ4v) is 2.46. The van der Waals surface area contributed by atoms with Crippen LogP contribution in [0, 0.1) is 0 Å². The van der Waals surface area contributed by atoms with Gasteiger partial charge >= 0.3 is 0 Å². The summed E-state index contributed by atoms with van der Waals surface area (Å²) in [6.07, 6.45) is 1.70. The van der Waals surface area contributed by atoms with Crippen molar-refractivity contribution in [3.8, 4) is 22.9 Å². The van der Waals surface area contributed by atoms with E-state index in [9.17, 15) is 4.79 Å². The molecule has 7 nitrogen and oxygen atoms in total. The van der Waals surface area contributed by atoms with E-state index in [2.05, 4.69) is 20.6 Å². The first-order valence-corrected chi connectivity index (χ1v) is 7.21. The third-order valence-corrected chi connectivity index (χ3v) is 3.69. The van der Waals surface area contributed by atoms with Crippen molar-refractivity contribution in [2.45, 2.75) is 0 Å². The largest absolute Gasteiger partial charge is 0.497 e. The summed E-state index contributed by atoms with van der Waals surface area (Å²) in [6.45, 7) is 0. The molecule has 0 fully saturated rings. The second kappa shape index (κ2) is 5.62. The Bertz CT molecular complexity index is 931. The maximum absolute atomic E-state index is 12.4. The van der Waals surface area contributed by atoms with Crippen LogP contribution in [0.4, 0.5) is 0 Å². The minimum absolute atomic E-state index is 0.161. The topological polar surface area (TPSA) is 90.0 Å². The maximum atomic E-state index is 12.4. The number of aromatic nitrogens is 4. The predicted molar refractivity (Wildman–Crippen MR) is 85.5 cm³/mol. The summed E-state index contributed by atoms with van der Waals surface area (Å²) in [5.74, 6) is 1.80. The molecule has 3 aromatic rings. The van der Waals surface area contributed by atoms with Gasteiger partial charge in [-0.1, -0.05) is 24.3 Å². The van der Waals surface area contributed by atoms with Crippen molar-refractivity contribution in [1.29, 1.82) is 0 Å². The molecule has 118 valence electrons. The lowest BCUT2D eigenvalue weighted by atomic mass is 10.1. The standard InChI is InChI=1S/C17H12N4O3/c1-23-12-6-7-14-13(9-12)16(22)15(24-14)8-10-2-4-11(5-3-10)17-18-20-21-19-17/h2-9H,1H3,(H,18,19,20,21). The average molecular weight is 320 g/mol. The molecule has 0 atom stereocenters. The third kappa shape index (κ3) is 2.41. The van der Waals surface area contributed by atoms with Crippen molar-refractivity contribution in [1.82, 2.24) is 20.6 Å². The molecule has 1 aliphatic rings. The van der Waals surface area contributed by atoms with Crippen LogP contribution in [-0.2, 0) is 0 Å². The van der Waals surface area contributed by atoms with Gasteiger partial charge in [-0.05, 0) is 35.1 Å². The van der Waals surface area contributed by atoms with Crippen LogP contribution in [0.1, 0.15) is 15.9 Å². The van der Waals surface area contributed by atoms with Crippen molar-refractivity contribution in [2.75, 3.05) is 7.11 Å². The lowest BCUT2D eigenvalue weighted by Gasteiger charge is -2.00. The number of methoxy groups -OCH3 is 1. The SMILES string of the molecule is COc1ccc2c(c1)C(=O)C(=Cc1ccc(-c3nn[nH]n3)cc1)O2. The van der Waals surface area contributed by atoms with Gasteiger partial charge in [0.1, 0.15) is 11.5 Å². The van der Waals surface area contributed by atoms with Gasteiger partial charge in [0, 0.05) is 5.56 Å². The zero-order valence-electron chi connectivity index (χ0n) is 12.7. The Kier molecular flexibility index (Phi) is 3.31. The number of hydrogen-bond donors (Lipinski definition) is 1. The number of H-pyrrole nitrogens is 1. The Morgan fingerprint density at radius 3 is 2.71 bits per heavy atom. The molecule has 0 bridgehead atoms. The number of allylic oxidation sites excluding steroid dienone is 1. The van der Waals surface area contributed by atoms with E-state index in [1.54, 1.807) is 31.4 Å². The van der Waals surface area contributed by atoms with Gasteiger partial charge in [-0.2, -0.15) is 5.21 Å². The van der Waals surface area contributed by atoms with Gasteiger partial charge in [0.05, 0.1) is 12.7 Å². The summed E-state index contributed by atoms with van der Waals surface area (Å²) in [5, 5.41) is 13.8. The van der Waals surface area contributed by atoms with E-state index in [0.717, 1.165) is 11.1 Å². The Labute approximate surface area is 136 Å². The number of ketones is 1. The van der Waals surface area contributed by atoms with Crippen LogP contribution < -0.4 is 9.47 Å². The first-order chi connectivity index (χ1) is 11.7. The lowest BCUT2D eigenvalue weighted by Crippen LogP contribution is -1.98. The van der Waals surface area contributed by atoms with Gasteiger partial charge in [0.15, 0.2) is 5.76 Å². The lowest BCUT2D eigenvalue weighted by molar-refractivity contribution is 0.101. The number of rotatable bonds is 3. The molecule has 4 rings (SSSR count). The minimum Gasteiger partial charge on any atom is -0.497 e. The van der Waals surface area contributed by atoms with Gasteiger partial charge in [-0.25, -0.2) is 0 Å². The van der Waals surface area contributed by atoms with Crippen LogP contribution >= 0.6 is 0 Å². The van der Waals surface area contributed by atoms with Crippen LogP contribution in [-0.4, -0.2) is 33.5 Å². The molecule has 0 unspecified atom stereocenters. The number of carbonyl (C=O) groups is 1. The van der Waals surface area contributed by atoms with E-state index in [1.165, 1.54) is 0 Å². The van der Waals surface area contributed by atoms with Crippen LogP contribution in [0.25, 0.3) is 17.5 Å². The summed E-state index contributed by atoms with van der Waals surface area (Å²) < 4.78 is 10.8. The highest BCUT2D eigenvalue weighted by Crippen LogP contribution is 2.34. The fraction of sp³-hybridized carbons (Fsp3) is 0.0588. The Morgan fingerprint density at radius 2 is 2.00 bits per heavy atom. The number of Topliss-reactive ketones (excluding diaryl/α,β-unsaturated/α-hetero) is 1. The number of ether oxygens (including phenoxy) is 2. The monoisotopic (exact) mass is 320 g/mol. The molecule has 1 aromatic heterocycles. The maximum Gasteiger partial charge on any atom is 0.232 e. The molecule has 2 aromatic carbocycles. The van der Waals surface area contributed by atoms with Crippen LogP contribution in [0.5, 0.6) is 11.5 Å². The molecular formula is C17H12N4O3. The summed E-state index contributed by atoms with van der Waals surface area (Å²) in [4.78, 5) is 12.4. The summed E-state index contributed by atoms with van der Waals surface area (Å²) in [6, 6.07) is 12.6. The molecule has 0 amide bonds. The molecule has 7 heteroatoms. The number of aromatic amines is 1. The van der Waals surface area contributed by atoms with E-state index >= 15 is 0 Å². The number of benzene rings is 2. The summed E-state index contributed by atoms with van der Waals surface area (Å²) >= 11 is 0. The second-order valence-electron chi connectivity index (χ2n) is 5.16. The van der Waals surface area contributed by atoms with E-state index in [-0.39, 0.29) is 11.5 Å². The molecule has 1 N–H and O–H groups in total. The van der Waals surface area contributed by atoms with Crippen molar-refractivity contribution >= 4 is 11.9 Å². The highest BCUT2D eigenvalue weighted by molar-refractivity contribution is 6.14. The molecule has 2 heterocycles. The smallest absolute Gasteiger partial charge is 0.232 e. The van der Waals surface area contributed by atoms with Crippen molar-refractivity contribution in [2.24, 2.45) is 0 Å². The number of tetrazole rings is 1. The van der Waals surface area contributed by atoms with E-state index in [4.69, 9.17) is 9.47 Å². The fourth-order valence-electron chi connectivity index (χ4n) is 2.46. The molecule has 0 aliphatic carbocycles. The van der Waals surface area contributed by atoms with E-state index < -0.39 is 0 Å². The number of hydrogen-bond acceptors (Lipinski definition) is 6. The van der Waals surface area contributed by atoms with Gasteiger partial charge in [0.2, 0.25) is 11.6 Å². The molecule has 0 saturated heterocycles. The van der Waals surface area contributed by atoms with Gasteiger partial charge in [-0.3, -0.25) is 4.79 Å². The highest BCUT2D eigenvalue weighted by Gasteiger charge is 2.27. The first kappa shape index (κ1) is 14.1. The highest BCUT2D eigenvalue weighted by atomic mass is 16.5. The number of carbonyl (C=O) groups excluding carboxylic acids is 1. The van der Waals surface area contributed by atoms with E-state index in [0.29, 0.717) is 22.9 Å². The predicted octanol–water partition coefficient (Wildman–Crippen LogP) is 2.49. The Balaban J connectivity index is 1.61. The van der Waals surface area contributed by atoms with Crippen LogP contribution in [0.15, 0.2) is 48.2 Å². The second-order valence-corrected chi connectivity index (χ2v) is 5.16. The minimum atomic E-state index is -0.161. The molecule has 1 aliphatic heterocycles. The summed E-state index contributed by atoms with van der Waals surface area (Å²) in [5.41, 5.74) is 2.17. The summed E-state index contributed by atoms with van der Waals surface area (Å²) in [7, 11) is 1.56. The average Bonchev–Trinajstić information content (AvgIpc) is 3.25. The van der Waals surface area contributed by atoms with Gasteiger partial charge in [0.25, 0.3) is 0 Å². The third-order valence-electron chi connectivity index (χ3n) is 3.69. The number of nitrogens with one attached hydrogen (secondary N) is 1. The molecule has 0 spiro atoms. The quantitative estimate of drug-likeness (QED) is 0.746. The van der Waals surface area contributed by atoms with Crippen LogP contribution in [0.2, 0.25) is 0 Å². The Morgan fingerprint density at radius 1 is 1.17 bits per heavy atom. The molecule has 24 heavy (non-hydrogen) atoms. The van der Waals surface area contributed by atoms with Crippen molar-refractivity contribution in [3.05, 3.63) is 59.4 Å². The van der Waals surface area contributed by atoms with E-state index in [1.807, 2.05) is 24.3 Å². The van der Waals surface area contributed by atoms with Crippen LogP contribution in [0.3, 0.4) is 0 Å². The molecular weight excluding hydrogens is 308 g/mol. The molecule has 0 radical (unpaired) electrons. The first-order valence-electron chi connectivity index (χ1n) is 7.21. The number of fused-ring (bicyclic) bond motifs is 1. The van der Waals surface area contributed by atoms with Gasteiger partial charge in [-0.15, -0.1) is 10.2 Å². The zero-order chi connectivity index (χ0) is 16.5. The Hall–Kier alpha value is -3.48. The number of nitrogens with zero attached hydrogens (tertiary/aromatic N) is 3. The normalized spacial score (nSPS) is 14.5. The van der Waals surface area contributed by atoms with Crippen molar-refractivity contribution < 1.29 is 14.3 Å². The molecule has 0 saturated carbocycles.